The molecule has 3 aromatic rings. The Morgan fingerprint density at radius 1 is 0.900 bits per heavy atom. The average Bonchev–Trinajstić information content (AvgIpc) is 3.01. The number of fused-ring (bicyclic) bond motifs is 5. The van der Waals surface area contributed by atoms with Gasteiger partial charge in [0.05, 0.1) is 5.71 Å². The molecule has 0 radical (unpaired) electrons. The molecule has 6 rings (SSSR count). The first-order valence-corrected chi connectivity index (χ1v) is 11.2. The number of hydrogen-bond donors (Lipinski definition) is 0. The van der Waals surface area contributed by atoms with Crippen LogP contribution in [0.5, 0.6) is 0 Å². The minimum atomic E-state index is -0.135. The summed E-state index contributed by atoms with van der Waals surface area (Å²) < 4.78 is 19.3. The Bertz CT molecular complexity index is 1470. The predicted octanol–water partition coefficient (Wildman–Crippen LogP) is 5.28. The summed E-state index contributed by atoms with van der Waals surface area (Å²) in [7, 11) is 0. The van der Waals surface area contributed by atoms with Gasteiger partial charge in [0, 0.05) is 28.0 Å². The van der Waals surface area contributed by atoms with Crippen molar-refractivity contribution in [1.82, 2.24) is 0 Å². The molecule has 0 fully saturated rings. The maximum Gasteiger partial charge on any atom is 0.130 e. The summed E-state index contributed by atoms with van der Waals surface area (Å²) in [6.45, 7) is 0. The highest BCUT2D eigenvalue weighted by Crippen LogP contribution is 2.34. The van der Waals surface area contributed by atoms with Crippen molar-refractivity contribution in [3.8, 4) is 0 Å². The molecular weight excluding hydrogens is 389 g/mol. The van der Waals surface area contributed by atoms with Crippen molar-refractivity contribution < 1.29 is 4.39 Å². The molecule has 1 heterocycles. The van der Waals surface area contributed by atoms with Gasteiger partial charge in [-0.25, -0.2) is 8.79 Å². The summed E-state index contributed by atoms with van der Waals surface area (Å²) in [5.74, 6) is 0.130. The van der Waals surface area contributed by atoms with E-state index in [1.807, 2.05) is 18.2 Å². The monoisotopic (exact) mass is 409 g/mol. The molecular formula is C27H20FNS. The first kappa shape index (κ1) is 17.9. The van der Waals surface area contributed by atoms with Crippen LogP contribution in [-0.2, 0) is 6.42 Å². The maximum atomic E-state index is 14.4. The summed E-state index contributed by atoms with van der Waals surface area (Å²) in [4.78, 5) is 1.19. The fraction of sp³-hybridized carbons (Fsp3) is 0.148. The Balaban J connectivity index is 1.57. The minimum Gasteiger partial charge on any atom is -0.215 e. The quantitative estimate of drug-likeness (QED) is 0.498. The van der Waals surface area contributed by atoms with Crippen LogP contribution in [0.25, 0.3) is 18.2 Å². The van der Waals surface area contributed by atoms with E-state index in [1.54, 1.807) is 18.0 Å². The molecule has 1 aliphatic heterocycles. The van der Waals surface area contributed by atoms with Gasteiger partial charge in [-0.2, -0.15) is 0 Å². The molecule has 0 bridgehead atoms. The molecule has 2 aliphatic carbocycles. The van der Waals surface area contributed by atoms with E-state index in [0.717, 1.165) is 35.4 Å². The van der Waals surface area contributed by atoms with Gasteiger partial charge >= 0.3 is 0 Å². The minimum absolute atomic E-state index is 0.135. The molecule has 0 spiro atoms. The summed E-state index contributed by atoms with van der Waals surface area (Å²) in [5, 5.41) is 4.21. The molecule has 146 valence electrons. The van der Waals surface area contributed by atoms with Crippen LogP contribution < -0.4 is 10.4 Å². The Morgan fingerprint density at radius 2 is 1.83 bits per heavy atom. The van der Waals surface area contributed by atoms with Crippen LogP contribution >= 0.6 is 11.9 Å². The molecule has 0 amide bonds. The Labute approximate surface area is 178 Å². The lowest BCUT2D eigenvalue weighted by Gasteiger charge is -2.25. The molecule has 0 saturated heterocycles. The number of allylic oxidation sites excluding steroid dienone is 1. The van der Waals surface area contributed by atoms with Crippen molar-refractivity contribution in [1.29, 1.82) is 0 Å². The normalized spacial score (nSPS) is 18.6. The molecule has 3 aromatic carbocycles. The van der Waals surface area contributed by atoms with Crippen LogP contribution in [0.2, 0.25) is 0 Å². The highest BCUT2D eigenvalue weighted by atomic mass is 32.2. The zero-order valence-electron chi connectivity index (χ0n) is 16.4. The summed E-state index contributed by atoms with van der Waals surface area (Å²) >= 11 is 1.57. The average molecular weight is 410 g/mol. The highest BCUT2D eigenvalue weighted by molar-refractivity contribution is 7.98. The van der Waals surface area contributed by atoms with Crippen molar-refractivity contribution in [3.63, 3.8) is 0 Å². The van der Waals surface area contributed by atoms with Gasteiger partial charge in [0.1, 0.15) is 5.82 Å². The first-order chi connectivity index (χ1) is 14.8. The lowest BCUT2D eigenvalue weighted by atomic mass is 9.79. The highest BCUT2D eigenvalue weighted by Gasteiger charge is 2.25. The maximum absolute atomic E-state index is 14.4. The van der Waals surface area contributed by atoms with Crippen molar-refractivity contribution in [2.24, 2.45) is 4.40 Å². The second kappa shape index (κ2) is 7.10. The van der Waals surface area contributed by atoms with Gasteiger partial charge in [-0.15, -0.1) is 0 Å². The van der Waals surface area contributed by atoms with Crippen molar-refractivity contribution >= 4 is 35.9 Å². The third-order valence-corrected chi connectivity index (χ3v) is 7.24. The SMILES string of the molecule is Fc1cccc2c1=CCc1c3c(ccc1=2)=CCCC3C1=NSc2ccccc2C=C1. The van der Waals surface area contributed by atoms with Gasteiger partial charge in [-0.1, -0.05) is 60.7 Å². The molecule has 1 unspecified atom stereocenters. The van der Waals surface area contributed by atoms with E-state index in [0.29, 0.717) is 0 Å². The fourth-order valence-corrected chi connectivity index (χ4v) is 5.74. The summed E-state index contributed by atoms with van der Waals surface area (Å²) in [6.07, 6.45) is 11.7. The van der Waals surface area contributed by atoms with Gasteiger partial charge in [0.25, 0.3) is 0 Å². The predicted molar refractivity (Wildman–Crippen MR) is 123 cm³/mol. The molecule has 3 heteroatoms. The van der Waals surface area contributed by atoms with Gasteiger partial charge in [-0.3, -0.25) is 0 Å². The van der Waals surface area contributed by atoms with E-state index in [1.165, 1.54) is 32.0 Å². The van der Waals surface area contributed by atoms with E-state index in [2.05, 4.69) is 54.6 Å². The van der Waals surface area contributed by atoms with E-state index in [4.69, 9.17) is 4.40 Å². The zero-order chi connectivity index (χ0) is 20.1. The van der Waals surface area contributed by atoms with Crippen molar-refractivity contribution in [2.45, 2.75) is 30.1 Å². The van der Waals surface area contributed by atoms with Gasteiger partial charge in [0.15, 0.2) is 0 Å². The second-order valence-corrected chi connectivity index (χ2v) is 8.82. The largest absolute Gasteiger partial charge is 0.215 e. The lowest BCUT2D eigenvalue weighted by Crippen LogP contribution is -2.27. The molecule has 1 atom stereocenters. The molecule has 0 aromatic heterocycles. The van der Waals surface area contributed by atoms with Crippen LogP contribution in [0.15, 0.2) is 70.0 Å². The molecule has 3 aliphatic rings. The topological polar surface area (TPSA) is 12.4 Å². The number of benzene rings is 3. The van der Waals surface area contributed by atoms with E-state index in [9.17, 15) is 4.39 Å². The number of nitrogens with zero attached hydrogens (tertiary/aromatic N) is 1. The Morgan fingerprint density at radius 3 is 2.80 bits per heavy atom. The van der Waals surface area contributed by atoms with Crippen molar-refractivity contribution in [3.05, 3.63) is 104 Å². The fourth-order valence-electron chi connectivity index (χ4n) is 4.96. The molecule has 0 N–H and O–H groups in total. The van der Waals surface area contributed by atoms with E-state index in [-0.39, 0.29) is 11.7 Å². The number of hydrogen-bond acceptors (Lipinski definition) is 2. The third-order valence-electron chi connectivity index (χ3n) is 6.37. The van der Waals surface area contributed by atoms with E-state index < -0.39 is 0 Å². The smallest absolute Gasteiger partial charge is 0.130 e. The third kappa shape index (κ3) is 2.80. The van der Waals surface area contributed by atoms with Gasteiger partial charge in [0.2, 0.25) is 0 Å². The first-order valence-electron chi connectivity index (χ1n) is 10.4. The van der Waals surface area contributed by atoms with Crippen LogP contribution in [0.1, 0.15) is 35.4 Å². The lowest BCUT2D eigenvalue weighted by molar-refractivity contribution is 0.616. The van der Waals surface area contributed by atoms with Crippen LogP contribution in [0, 0.1) is 16.3 Å². The van der Waals surface area contributed by atoms with Gasteiger partial charge in [-0.05, 0) is 69.8 Å². The summed E-state index contributed by atoms with van der Waals surface area (Å²) in [5.41, 5.74) is 5.05. The number of halogens is 1. The second-order valence-electron chi connectivity index (χ2n) is 8.02. The summed E-state index contributed by atoms with van der Waals surface area (Å²) in [6, 6.07) is 18.2. The van der Waals surface area contributed by atoms with Crippen LogP contribution in [-0.4, -0.2) is 5.71 Å². The molecule has 30 heavy (non-hydrogen) atoms. The Kier molecular flexibility index (Phi) is 4.24. The van der Waals surface area contributed by atoms with Gasteiger partial charge < -0.3 is 0 Å². The van der Waals surface area contributed by atoms with Crippen molar-refractivity contribution in [2.75, 3.05) is 0 Å². The molecule has 1 nitrogen and oxygen atoms in total. The van der Waals surface area contributed by atoms with E-state index >= 15 is 0 Å². The standard InChI is InChI=1S/C27H20FNS/c28-24-9-4-7-19-20-13-11-18-6-3-8-23(27(18)22(20)15-14-21(19)24)25-16-12-17-5-1-2-10-26(17)30-29-25/h1-2,4-7,9-14,16,23H,3,8,15H2. The Hall–Kier alpha value is -2.91. The molecule has 0 saturated carbocycles. The zero-order valence-corrected chi connectivity index (χ0v) is 17.3. The van der Waals surface area contributed by atoms with Crippen LogP contribution in [0.3, 0.4) is 0 Å². The van der Waals surface area contributed by atoms with Crippen LogP contribution in [0.4, 0.5) is 4.39 Å². The number of rotatable bonds is 1.